The van der Waals surface area contributed by atoms with E-state index in [1.54, 1.807) is 38.1 Å². The van der Waals surface area contributed by atoms with E-state index >= 15 is 0 Å². The van der Waals surface area contributed by atoms with Gasteiger partial charge in [-0.2, -0.15) is 8.78 Å². The molecule has 1 rings (SSSR count). The summed E-state index contributed by atoms with van der Waals surface area (Å²) >= 11 is 0.408. The largest absolute Gasteiger partial charge is 0.327 e. The molecule has 0 aliphatic rings. The zero-order chi connectivity index (χ0) is 13.7. The lowest BCUT2D eigenvalue weighted by Gasteiger charge is -2.16. The second-order valence-corrected chi connectivity index (χ2v) is 5.04. The summed E-state index contributed by atoms with van der Waals surface area (Å²) in [5, 5.41) is 2.62. The van der Waals surface area contributed by atoms with Gasteiger partial charge in [0.25, 0.3) is 5.76 Å². The molecule has 0 bridgehead atoms. The summed E-state index contributed by atoms with van der Waals surface area (Å²) in [4.78, 5) is 12.1. The average Bonchev–Trinajstić information content (AvgIpc) is 2.29. The third-order valence-corrected chi connectivity index (χ3v) is 3.35. The minimum absolute atomic E-state index is 0.271. The van der Waals surface area contributed by atoms with Gasteiger partial charge in [-0.15, -0.1) is 0 Å². The van der Waals surface area contributed by atoms with E-state index in [0.29, 0.717) is 22.3 Å². The quantitative estimate of drug-likeness (QED) is 0.812. The first-order chi connectivity index (χ1) is 8.41. The number of para-hydroxylation sites is 1. The number of nitrogens with one attached hydrogen (secondary N) is 1. The van der Waals surface area contributed by atoms with Crippen LogP contribution in [0.1, 0.15) is 13.8 Å². The Bertz CT molecular complexity index is 413. The molecule has 0 fully saturated rings. The molecule has 0 aliphatic carbocycles. The molecule has 1 aromatic carbocycles. The first-order valence-corrected chi connectivity index (χ1v) is 6.40. The highest BCUT2D eigenvalue weighted by Crippen LogP contribution is 2.31. The summed E-state index contributed by atoms with van der Waals surface area (Å²) in [5.41, 5.74) is 6.01. The number of alkyl halides is 2. The highest BCUT2D eigenvalue weighted by molar-refractivity contribution is 7.99. The predicted octanol–water partition coefficient (Wildman–Crippen LogP) is 2.92. The molecule has 6 heteroatoms. The number of thioether (sulfide) groups is 1. The number of hydrogen-bond acceptors (Lipinski definition) is 3. The minimum atomic E-state index is -2.52. The minimum Gasteiger partial charge on any atom is -0.327 e. The van der Waals surface area contributed by atoms with Crippen molar-refractivity contribution < 1.29 is 13.6 Å². The Kier molecular flexibility index (Phi) is 5.55. The number of amides is 1. The number of carbonyl (C=O) groups is 1. The Hall–Kier alpha value is -1.14. The molecule has 3 nitrogen and oxygen atoms in total. The average molecular weight is 274 g/mol. The van der Waals surface area contributed by atoms with Gasteiger partial charge in [0.15, 0.2) is 0 Å². The van der Waals surface area contributed by atoms with Crippen LogP contribution in [0.4, 0.5) is 14.5 Å². The van der Waals surface area contributed by atoms with Crippen molar-refractivity contribution in [3.8, 4) is 0 Å². The highest BCUT2D eigenvalue weighted by Gasteiger charge is 2.18. The first-order valence-electron chi connectivity index (χ1n) is 5.52. The van der Waals surface area contributed by atoms with E-state index in [-0.39, 0.29) is 17.9 Å². The van der Waals surface area contributed by atoms with Crippen LogP contribution in [0.25, 0.3) is 0 Å². The maximum Gasteiger partial charge on any atom is 0.288 e. The van der Waals surface area contributed by atoms with Crippen LogP contribution < -0.4 is 11.1 Å². The lowest BCUT2D eigenvalue weighted by molar-refractivity contribution is -0.119. The predicted molar refractivity (Wildman–Crippen MR) is 69.7 cm³/mol. The van der Waals surface area contributed by atoms with Crippen LogP contribution in [-0.2, 0) is 4.79 Å². The van der Waals surface area contributed by atoms with Gasteiger partial charge in [-0.05, 0) is 19.1 Å². The van der Waals surface area contributed by atoms with Crippen LogP contribution in [-0.4, -0.2) is 17.7 Å². The van der Waals surface area contributed by atoms with Crippen LogP contribution in [0.3, 0.4) is 0 Å². The van der Waals surface area contributed by atoms with E-state index in [1.165, 1.54) is 0 Å². The summed E-state index contributed by atoms with van der Waals surface area (Å²) in [6.45, 7) is 3.42. The van der Waals surface area contributed by atoms with Gasteiger partial charge in [-0.25, -0.2) is 0 Å². The molecule has 1 aromatic rings. The Balaban J connectivity index is 2.81. The van der Waals surface area contributed by atoms with E-state index < -0.39 is 5.76 Å². The molecule has 2 atom stereocenters. The molecule has 2 unspecified atom stereocenters. The maximum atomic E-state index is 12.4. The van der Waals surface area contributed by atoms with E-state index in [1.807, 2.05) is 0 Å². The fourth-order valence-corrected chi connectivity index (χ4v) is 1.85. The third-order valence-electron chi connectivity index (χ3n) is 2.56. The lowest BCUT2D eigenvalue weighted by Crippen LogP contribution is -2.34. The summed E-state index contributed by atoms with van der Waals surface area (Å²) in [6, 6.07) is 6.18. The summed E-state index contributed by atoms with van der Waals surface area (Å²) in [5.74, 6) is -3.17. The van der Waals surface area contributed by atoms with Crippen LogP contribution >= 0.6 is 11.8 Å². The topological polar surface area (TPSA) is 55.1 Å². The van der Waals surface area contributed by atoms with Gasteiger partial charge < -0.3 is 11.1 Å². The zero-order valence-corrected chi connectivity index (χ0v) is 11.0. The molecule has 0 aliphatic heterocycles. The number of rotatable bonds is 5. The number of nitrogens with two attached hydrogens (primary N) is 1. The van der Waals surface area contributed by atoms with Crippen molar-refractivity contribution in [2.75, 3.05) is 5.32 Å². The first kappa shape index (κ1) is 14.9. The standard InChI is InChI=1S/C12H16F2N2OS/c1-7(8(2)15)11(17)16-9-5-3-4-6-10(9)18-12(13)14/h3-8,12H,15H2,1-2H3,(H,16,17). The van der Waals surface area contributed by atoms with Crippen molar-refractivity contribution in [3.05, 3.63) is 24.3 Å². The molecule has 0 saturated carbocycles. The lowest BCUT2D eigenvalue weighted by atomic mass is 10.0. The van der Waals surface area contributed by atoms with Crippen molar-refractivity contribution in [2.24, 2.45) is 11.7 Å². The van der Waals surface area contributed by atoms with Crippen molar-refractivity contribution in [1.82, 2.24) is 0 Å². The van der Waals surface area contributed by atoms with Gasteiger partial charge in [0.1, 0.15) is 0 Å². The molecule has 0 heterocycles. The summed E-state index contributed by atoms with van der Waals surface area (Å²) < 4.78 is 24.7. The zero-order valence-electron chi connectivity index (χ0n) is 10.2. The van der Waals surface area contributed by atoms with Crippen molar-refractivity contribution in [3.63, 3.8) is 0 Å². The Morgan fingerprint density at radius 3 is 2.50 bits per heavy atom. The Labute approximate surface area is 109 Å². The van der Waals surface area contributed by atoms with Crippen LogP contribution in [0.5, 0.6) is 0 Å². The molecule has 18 heavy (non-hydrogen) atoms. The van der Waals surface area contributed by atoms with E-state index in [2.05, 4.69) is 5.32 Å². The number of anilines is 1. The Morgan fingerprint density at radius 2 is 1.94 bits per heavy atom. The highest BCUT2D eigenvalue weighted by atomic mass is 32.2. The monoisotopic (exact) mass is 274 g/mol. The van der Waals surface area contributed by atoms with Crippen LogP contribution in [0, 0.1) is 5.92 Å². The van der Waals surface area contributed by atoms with Gasteiger partial charge in [-0.3, -0.25) is 4.79 Å². The summed E-state index contributed by atoms with van der Waals surface area (Å²) in [6.07, 6.45) is 0. The van der Waals surface area contributed by atoms with Gasteiger partial charge in [0.2, 0.25) is 5.91 Å². The fourth-order valence-electron chi connectivity index (χ4n) is 1.25. The normalized spacial score (nSPS) is 14.3. The van der Waals surface area contributed by atoms with Crippen molar-refractivity contribution in [2.45, 2.75) is 30.5 Å². The van der Waals surface area contributed by atoms with Gasteiger partial charge in [-0.1, -0.05) is 30.8 Å². The fraction of sp³-hybridized carbons (Fsp3) is 0.417. The Morgan fingerprint density at radius 1 is 1.33 bits per heavy atom. The van der Waals surface area contributed by atoms with Gasteiger partial charge >= 0.3 is 0 Å². The molecular weight excluding hydrogens is 258 g/mol. The third kappa shape index (κ3) is 4.27. The number of hydrogen-bond donors (Lipinski definition) is 2. The van der Waals surface area contributed by atoms with Crippen molar-refractivity contribution >= 4 is 23.4 Å². The van der Waals surface area contributed by atoms with E-state index in [4.69, 9.17) is 5.73 Å². The number of halogens is 2. The molecular formula is C12H16F2N2OS. The second kappa shape index (κ2) is 6.70. The maximum absolute atomic E-state index is 12.4. The SMILES string of the molecule is CC(N)C(C)C(=O)Nc1ccccc1SC(F)F. The van der Waals surface area contributed by atoms with Crippen LogP contribution in [0.15, 0.2) is 29.2 Å². The van der Waals surface area contributed by atoms with Gasteiger partial charge in [0.05, 0.1) is 11.6 Å². The molecule has 3 N–H and O–H groups in total. The molecule has 100 valence electrons. The smallest absolute Gasteiger partial charge is 0.288 e. The summed E-state index contributed by atoms with van der Waals surface area (Å²) in [7, 11) is 0. The van der Waals surface area contributed by atoms with E-state index in [0.717, 1.165) is 0 Å². The van der Waals surface area contributed by atoms with Gasteiger partial charge in [0, 0.05) is 10.9 Å². The molecule has 0 radical (unpaired) electrons. The molecule has 0 saturated heterocycles. The van der Waals surface area contributed by atoms with E-state index in [9.17, 15) is 13.6 Å². The van der Waals surface area contributed by atoms with Crippen molar-refractivity contribution in [1.29, 1.82) is 0 Å². The molecule has 0 spiro atoms. The molecule has 1 amide bonds. The molecule has 0 aromatic heterocycles. The number of benzene rings is 1. The number of carbonyl (C=O) groups excluding carboxylic acids is 1. The van der Waals surface area contributed by atoms with Crippen LogP contribution in [0.2, 0.25) is 0 Å². The second-order valence-electron chi connectivity index (χ2n) is 4.01.